The average Bonchev–Trinajstić information content (AvgIpc) is 2.69. The van der Waals surface area contributed by atoms with E-state index in [0.29, 0.717) is 0 Å². The maximum atomic E-state index is 3.89. The maximum Gasteiger partial charge on any atom is -0.000605 e. The molecule has 1 heteroatoms. The average molecular weight is 230 g/mol. The fourth-order valence-electron chi connectivity index (χ4n) is 1.70. The summed E-state index contributed by atoms with van der Waals surface area (Å²) < 4.78 is 0. The second-order valence-electron chi connectivity index (χ2n) is 3.20. The summed E-state index contributed by atoms with van der Waals surface area (Å²) in [5, 5.41) is 4.20. The Morgan fingerprint density at radius 3 is 2.50 bits per heavy atom. The molecule has 1 unspecified atom stereocenters. The van der Waals surface area contributed by atoms with Crippen molar-refractivity contribution in [2.24, 2.45) is 0 Å². The van der Waals surface area contributed by atoms with E-state index in [4.69, 9.17) is 0 Å². The summed E-state index contributed by atoms with van der Waals surface area (Å²) in [6.07, 6.45) is 6.25. The summed E-state index contributed by atoms with van der Waals surface area (Å²) in [5.41, 5.74) is 1.30. The lowest BCUT2D eigenvalue weighted by Gasteiger charge is -1.92. The summed E-state index contributed by atoms with van der Waals surface area (Å²) in [6.45, 7) is 9.94. The standard InChI is InChI=1S/C13H13P.C2H6/c1-3-7-12-10(4-2)11-8-5-6-9-13(11)14-12;1-2/h3-9,14H,2H2,1H3;1-2H3/b7-3-;. The molecule has 1 aromatic heterocycles. The molecule has 1 aromatic carbocycles. The van der Waals surface area contributed by atoms with Gasteiger partial charge in [-0.05, 0) is 28.3 Å². The highest BCUT2D eigenvalue weighted by atomic mass is 31.0. The molecule has 2 rings (SSSR count). The highest BCUT2D eigenvalue weighted by Crippen LogP contribution is 2.36. The van der Waals surface area contributed by atoms with Crippen LogP contribution in [-0.4, -0.2) is 0 Å². The molecule has 0 N–H and O–H groups in total. The van der Waals surface area contributed by atoms with Gasteiger partial charge < -0.3 is 0 Å². The minimum absolute atomic E-state index is 0.786. The molecule has 16 heavy (non-hydrogen) atoms. The van der Waals surface area contributed by atoms with E-state index in [1.54, 1.807) is 0 Å². The fraction of sp³-hybridized carbons (Fsp3) is 0.200. The van der Waals surface area contributed by atoms with Gasteiger partial charge in [0.2, 0.25) is 0 Å². The van der Waals surface area contributed by atoms with Gasteiger partial charge in [-0.15, -0.1) is 8.19 Å². The Kier molecular flexibility index (Phi) is 5.08. The molecule has 0 saturated carbocycles. The lowest BCUT2D eigenvalue weighted by atomic mass is 10.1. The van der Waals surface area contributed by atoms with Gasteiger partial charge >= 0.3 is 0 Å². The van der Waals surface area contributed by atoms with Gasteiger partial charge in [-0.2, -0.15) is 0 Å². The normalized spacial score (nSPS) is 10.7. The Labute approximate surface area is 99.8 Å². The Balaban J connectivity index is 0.000000606. The molecule has 1 atom stereocenters. The van der Waals surface area contributed by atoms with Crippen LogP contribution in [0.4, 0.5) is 0 Å². The molecule has 0 aliphatic heterocycles. The molecule has 1 heterocycles. The third-order valence-electron chi connectivity index (χ3n) is 2.31. The smallest absolute Gasteiger partial charge is 0.000605 e. The predicted octanol–water partition coefficient (Wildman–Crippen LogP) is 5.57. The SMILES string of the molecule is C=Cc1c(/C=C\C)[pH]c2ccccc12.CC. The molecule has 0 fully saturated rings. The van der Waals surface area contributed by atoms with Gasteiger partial charge in [-0.3, -0.25) is 0 Å². The van der Waals surface area contributed by atoms with Crippen molar-refractivity contribution in [2.75, 3.05) is 0 Å². The number of hydrogen-bond donors (Lipinski definition) is 0. The molecule has 0 spiro atoms. The zero-order chi connectivity index (χ0) is 12.0. The van der Waals surface area contributed by atoms with Crippen LogP contribution in [0.1, 0.15) is 31.6 Å². The summed E-state index contributed by atoms with van der Waals surface area (Å²) in [5.74, 6) is 0. The molecule has 0 bridgehead atoms. The van der Waals surface area contributed by atoms with Gasteiger partial charge in [0, 0.05) is 0 Å². The minimum atomic E-state index is 0.786. The predicted molar refractivity (Wildman–Crippen MR) is 79.6 cm³/mol. The van der Waals surface area contributed by atoms with Crippen LogP contribution in [0.25, 0.3) is 22.7 Å². The van der Waals surface area contributed by atoms with E-state index >= 15 is 0 Å². The highest BCUT2D eigenvalue weighted by molar-refractivity contribution is 7.39. The number of hydrogen-bond acceptors (Lipinski definition) is 0. The summed E-state index contributed by atoms with van der Waals surface area (Å²) in [7, 11) is 0.786. The van der Waals surface area contributed by atoms with Crippen LogP contribution < -0.4 is 0 Å². The Hall–Kier alpha value is -1.26. The number of rotatable bonds is 2. The lowest BCUT2D eigenvalue weighted by molar-refractivity contribution is 1.50. The first-order valence-corrected chi connectivity index (χ1v) is 6.72. The highest BCUT2D eigenvalue weighted by Gasteiger charge is 2.04. The van der Waals surface area contributed by atoms with E-state index in [2.05, 4.69) is 49.9 Å². The van der Waals surface area contributed by atoms with Crippen LogP contribution in [-0.2, 0) is 0 Å². The summed E-state index contributed by atoms with van der Waals surface area (Å²) >= 11 is 0. The van der Waals surface area contributed by atoms with E-state index < -0.39 is 0 Å². The van der Waals surface area contributed by atoms with E-state index in [-0.39, 0.29) is 0 Å². The van der Waals surface area contributed by atoms with Crippen LogP contribution in [0.3, 0.4) is 0 Å². The van der Waals surface area contributed by atoms with Crippen molar-refractivity contribution >= 4 is 30.8 Å². The fourth-order valence-corrected chi connectivity index (χ4v) is 3.15. The van der Waals surface area contributed by atoms with Crippen LogP contribution in [0.2, 0.25) is 0 Å². The van der Waals surface area contributed by atoms with E-state index in [1.807, 2.05) is 19.9 Å². The van der Waals surface area contributed by atoms with Crippen LogP contribution in [0.5, 0.6) is 0 Å². The summed E-state index contributed by atoms with van der Waals surface area (Å²) in [6, 6.07) is 8.57. The third-order valence-corrected chi connectivity index (χ3v) is 3.72. The number of benzene rings is 1. The van der Waals surface area contributed by atoms with E-state index in [1.165, 1.54) is 21.4 Å². The topological polar surface area (TPSA) is 0 Å². The quantitative estimate of drug-likeness (QED) is 0.632. The van der Waals surface area contributed by atoms with Gasteiger partial charge in [0.15, 0.2) is 0 Å². The second-order valence-corrected chi connectivity index (χ2v) is 4.53. The van der Waals surface area contributed by atoms with Gasteiger partial charge in [0.25, 0.3) is 0 Å². The van der Waals surface area contributed by atoms with Crippen molar-refractivity contribution in [3.63, 3.8) is 0 Å². The third kappa shape index (κ3) is 2.46. The minimum Gasteiger partial charge on any atom is -0.123 e. The van der Waals surface area contributed by atoms with Crippen LogP contribution >= 0.6 is 8.19 Å². The van der Waals surface area contributed by atoms with Crippen molar-refractivity contribution in [2.45, 2.75) is 20.8 Å². The molecule has 0 radical (unpaired) electrons. The molecule has 0 saturated heterocycles. The Morgan fingerprint density at radius 2 is 1.88 bits per heavy atom. The molecule has 0 aliphatic carbocycles. The van der Waals surface area contributed by atoms with Gasteiger partial charge in [-0.25, -0.2) is 0 Å². The largest absolute Gasteiger partial charge is 0.123 e. The Morgan fingerprint density at radius 1 is 1.19 bits per heavy atom. The zero-order valence-corrected chi connectivity index (χ0v) is 11.2. The molecular weight excluding hydrogens is 211 g/mol. The van der Waals surface area contributed by atoms with Gasteiger partial charge in [-0.1, -0.05) is 62.9 Å². The lowest BCUT2D eigenvalue weighted by Crippen LogP contribution is -1.70. The van der Waals surface area contributed by atoms with Gasteiger partial charge in [0.05, 0.1) is 0 Å². The molecule has 84 valence electrons. The van der Waals surface area contributed by atoms with Crippen LogP contribution in [0.15, 0.2) is 36.9 Å². The number of fused-ring (bicyclic) bond motifs is 1. The maximum absolute atomic E-state index is 3.89. The molecule has 0 amide bonds. The molecule has 2 aromatic rings. The van der Waals surface area contributed by atoms with E-state index in [9.17, 15) is 0 Å². The van der Waals surface area contributed by atoms with Crippen LogP contribution in [0, 0.1) is 0 Å². The molecule has 0 aliphatic rings. The van der Waals surface area contributed by atoms with E-state index in [0.717, 1.165) is 8.19 Å². The van der Waals surface area contributed by atoms with Crippen molar-refractivity contribution in [1.82, 2.24) is 0 Å². The first-order chi connectivity index (χ1) is 7.86. The van der Waals surface area contributed by atoms with Gasteiger partial charge in [0.1, 0.15) is 0 Å². The summed E-state index contributed by atoms with van der Waals surface area (Å²) in [4.78, 5) is 0. The van der Waals surface area contributed by atoms with Crippen molar-refractivity contribution in [3.8, 4) is 0 Å². The number of allylic oxidation sites excluding steroid dienone is 1. The molecule has 0 nitrogen and oxygen atoms in total. The zero-order valence-electron chi connectivity index (χ0n) is 10.2. The molecular formula is C15H19P. The first-order valence-electron chi connectivity index (χ1n) is 5.72. The van der Waals surface area contributed by atoms with Crippen molar-refractivity contribution < 1.29 is 0 Å². The monoisotopic (exact) mass is 230 g/mol. The van der Waals surface area contributed by atoms with Crippen molar-refractivity contribution in [3.05, 3.63) is 47.8 Å². The Bertz CT molecular complexity index is 489. The first kappa shape index (κ1) is 12.8. The second kappa shape index (κ2) is 6.35. The van der Waals surface area contributed by atoms with Crippen molar-refractivity contribution in [1.29, 1.82) is 0 Å².